The molecular weight excluding hydrogens is 478 g/mol. The van der Waals surface area contributed by atoms with Crippen LogP contribution in [0.1, 0.15) is 94.4 Å². The van der Waals surface area contributed by atoms with Gasteiger partial charge < -0.3 is 29.9 Å². The largest absolute Gasteiger partial charge is 0.391 e. The first-order valence-electron chi connectivity index (χ1n) is 15.3. The Morgan fingerprint density at radius 3 is 1.03 bits per heavy atom. The van der Waals surface area contributed by atoms with Gasteiger partial charge in [0.2, 0.25) is 0 Å². The van der Waals surface area contributed by atoms with Crippen molar-refractivity contribution >= 4 is 0 Å². The maximum Gasteiger partial charge on any atom is 0.0715 e. The number of β-amino-alcohol motifs (C(OH)–C–C–N with tert-alkyl or cyclic N) is 3. The molecule has 3 atom stereocenters. The first-order valence-corrected chi connectivity index (χ1v) is 15.3. The minimum Gasteiger partial charge on any atom is -0.391 e. The highest BCUT2D eigenvalue weighted by Crippen LogP contribution is 2.22. The highest BCUT2D eigenvalue weighted by molar-refractivity contribution is 4.79. The van der Waals surface area contributed by atoms with Gasteiger partial charge in [0.1, 0.15) is 0 Å². The first-order chi connectivity index (χ1) is 17.5. The normalized spacial score (nSPS) is 23.1. The first kappa shape index (κ1) is 35.7. The molecule has 0 spiro atoms. The van der Waals surface area contributed by atoms with Gasteiger partial charge in [0.15, 0.2) is 0 Å². The molecule has 0 amide bonds. The summed E-state index contributed by atoms with van der Waals surface area (Å²) in [6.45, 7) is 29.4. The average molecular weight is 544 g/mol. The Balaban J connectivity index is 0.000000285. The van der Waals surface area contributed by atoms with Crippen LogP contribution >= 0.6 is 0 Å². The predicted octanol–water partition coefficient (Wildman–Crippen LogP) is 4.09. The molecule has 0 bridgehead atoms. The fraction of sp³-hybridized carbons (Fsp3) is 1.00. The maximum atomic E-state index is 9.90. The smallest absolute Gasteiger partial charge is 0.0715 e. The zero-order valence-corrected chi connectivity index (χ0v) is 26.6. The number of nitrogens with zero attached hydrogens (tertiary/aromatic N) is 3. The van der Waals surface area contributed by atoms with Gasteiger partial charge in [0, 0.05) is 32.7 Å². The molecule has 3 aliphatic rings. The molecule has 3 unspecified atom stereocenters. The summed E-state index contributed by atoms with van der Waals surface area (Å²) in [6.07, 6.45) is 5.95. The highest BCUT2D eigenvalue weighted by atomic mass is 16.5. The lowest BCUT2D eigenvalue weighted by atomic mass is 9.88. The molecule has 3 rings (SSSR count). The van der Waals surface area contributed by atoms with Crippen LogP contribution in [0.4, 0.5) is 0 Å². The van der Waals surface area contributed by atoms with Crippen molar-refractivity contribution in [3.8, 4) is 0 Å². The molecule has 0 aromatic heterocycles. The molecule has 3 N–H and O–H groups in total. The van der Waals surface area contributed by atoms with Crippen LogP contribution in [0.3, 0.4) is 0 Å². The standard InChI is InChI=1S/C11H23NO.C10H21NO2.C10H21NO/c1-11(2,3)10(13)9-12-7-5-4-6-8-12;1-10(2,3)9(12)8-11-4-6-13-7-5-11;1-10(2,3)9(12)8-11-6-4-5-7-11/h10,13H,4-9H2,1-3H3;9,12H,4-8H2,1-3H3;9,12H,4-8H2,1-3H3. The third-order valence-electron chi connectivity index (χ3n) is 8.04. The second kappa shape index (κ2) is 16.9. The van der Waals surface area contributed by atoms with E-state index < -0.39 is 0 Å². The number of hydrogen-bond acceptors (Lipinski definition) is 7. The molecule has 3 saturated heterocycles. The van der Waals surface area contributed by atoms with Gasteiger partial charge in [-0.2, -0.15) is 0 Å². The second-order valence-corrected chi connectivity index (χ2v) is 14.9. The number of ether oxygens (including phenoxy) is 1. The van der Waals surface area contributed by atoms with E-state index in [1.54, 1.807) is 0 Å². The number of morpholine rings is 1. The van der Waals surface area contributed by atoms with E-state index in [1.807, 2.05) is 0 Å². The van der Waals surface area contributed by atoms with E-state index in [0.717, 1.165) is 45.9 Å². The third kappa shape index (κ3) is 15.5. The number of rotatable bonds is 6. The van der Waals surface area contributed by atoms with E-state index >= 15 is 0 Å². The Bertz CT molecular complexity index is 558. The van der Waals surface area contributed by atoms with Crippen LogP contribution in [0.25, 0.3) is 0 Å². The van der Waals surface area contributed by atoms with Crippen LogP contribution in [-0.4, -0.2) is 120 Å². The van der Waals surface area contributed by atoms with Crippen LogP contribution in [0.15, 0.2) is 0 Å². The Morgan fingerprint density at radius 1 is 0.474 bits per heavy atom. The molecule has 228 valence electrons. The molecule has 7 nitrogen and oxygen atoms in total. The summed E-state index contributed by atoms with van der Waals surface area (Å²) < 4.78 is 5.24. The van der Waals surface area contributed by atoms with Crippen molar-refractivity contribution in [2.75, 3.05) is 72.1 Å². The lowest BCUT2D eigenvalue weighted by Gasteiger charge is -2.33. The second-order valence-electron chi connectivity index (χ2n) is 14.9. The molecule has 0 aromatic carbocycles. The molecular formula is C31H65N3O4. The Hall–Kier alpha value is -0.280. The van der Waals surface area contributed by atoms with E-state index in [0.29, 0.717) is 0 Å². The van der Waals surface area contributed by atoms with Crippen LogP contribution < -0.4 is 0 Å². The number of likely N-dealkylation sites (tertiary alicyclic amines) is 2. The molecule has 0 aliphatic carbocycles. The summed E-state index contributed by atoms with van der Waals surface area (Å²) in [7, 11) is 0. The molecule has 0 aromatic rings. The molecule has 3 aliphatic heterocycles. The molecule has 3 heterocycles. The number of aliphatic hydroxyl groups is 3. The predicted molar refractivity (Wildman–Crippen MR) is 160 cm³/mol. The summed E-state index contributed by atoms with van der Waals surface area (Å²) in [5.74, 6) is 0. The van der Waals surface area contributed by atoms with Gasteiger partial charge in [-0.1, -0.05) is 68.7 Å². The van der Waals surface area contributed by atoms with Crippen molar-refractivity contribution in [1.29, 1.82) is 0 Å². The highest BCUT2D eigenvalue weighted by Gasteiger charge is 2.27. The lowest BCUT2D eigenvalue weighted by molar-refractivity contribution is -0.0143. The fourth-order valence-electron chi connectivity index (χ4n) is 4.45. The van der Waals surface area contributed by atoms with Crippen molar-refractivity contribution in [2.24, 2.45) is 16.2 Å². The third-order valence-corrected chi connectivity index (χ3v) is 8.04. The van der Waals surface area contributed by atoms with Crippen LogP contribution in [0, 0.1) is 16.2 Å². The maximum absolute atomic E-state index is 9.90. The van der Waals surface area contributed by atoms with Crippen molar-refractivity contribution in [2.45, 2.75) is 113 Å². The molecule has 3 fully saturated rings. The molecule has 0 radical (unpaired) electrons. The summed E-state index contributed by atoms with van der Waals surface area (Å²) in [5, 5.41) is 29.6. The summed E-state index contributed by atoms with van der Waals surface area (Å²) >= 11 is 0. The van der Waals surface area contributed by atoms with E-state index in [9.17, 15) is 15.3 Å². The summed E-state index contributed by atoms with van der Waals surface area (Å²) in [6, 6.07) is 0. The van der Waals surface area contributed by atoms with Gasteiger partial charge >= 0.3 is 0 Å². The summed E-state index contributed by atoms with van der Waals surface area (Å²) in [5.41, 5.74) is 0.0400. The Labute approximate surface area is 235 Å². The topological polar surface area (TPSA) is 79.6 Å². The van der Waals surface area contributed by atoms with E-state index in [4.69, 9.17) is 4.74 Å². The van der Waals surface area contributed by atoms with Crippen molar-refractivity contribution in [3.63, 3.8) is 0 Å². The van der Waals surface area contributed by atoms with Gasteiger partial charge in [-0.15, -0.1) is 0 Å². The van der Waals surface area contributed by atoms with Crippen LogP contribution in [-0.2, 0) is 4.74 Å². The van der Waals surface area contributed by atoms with E-state index in [1.165, 1.54) is 58.3 Å². The average Bonchev–Trinajstić information content (AvgIpc) is 3.32. The monoisotopic (exact) mass is 543 g/mol. The zero-order valence-electron chi connectivity index (χ0n) is 26.6. The number of piperidine rings is 1. The fourth-order valence-corrected chi connectivity index (χ4v) is 4.45. The van der Waals surface area contributed by atoms with Crippen molar-refractivity contribution in [3.05, 3.63) is 0 Å². The van der Waals surface area contributed by atoms with E-state index in [2.05, 4.69) is 77.0 Å². The Kier molecular flexibility index (Phi) is 15.9. The number of hydrogen-bond donors (Lipinski definition) is 3. The summed E-state index contributed by atoms with van der Waals surface area (Å²) in [4.78, 5) is 7.01. The van der Waals surface area contributed by atoms with Gasteiger partial charge in [-0.25, -0.2) is 0 Å². The van der Waals surface area contributed by atoms with Gasteiger partial charge in [0.05, 0.1) is 31.5 Å². The Morgan fingerprint density at radius 2 is 0.737 bits per heavy atom. The van der Waals surface area contributed by atoms with Crippen LogP contribution in [0.2, 0.25) is 0 Å². The van der Waals surface area contributed by atoms with Gasteiger partial charge in [-0.05, 0) is 68.1 Å². The van der Waals surface area contributed by atoms with E-state index in [-0.39, 0.29) is 34.6 Å². The molecule has 38 heavy (non-hydrogen) atoms. The number of aliphatic hydroxyl groups excluding tert-OH is 3. The molecule has 0 saturated carbocycles. The SMILES string of the molecule is CC(C)(C)C(O)CN1CCCC1.CC(C)(C)C(O)CN1CCCCC1.CC(C)(C)C(O)CN1CCOCC1. The zero-order chi connectivity index (χ0) is 29.0. The minimum atomic E-state index is -0.245. The van der Waals surface area contributed by atoms with Gasteiger partial charge in [-0.3, -0.25) is 4.90 Å². The molecule has 7 heteroatoms. The lowest BCUT2D eigenvalue weighted by Crippen LogP contribution is -2.44. The van der Waals surface area contributed by atoms with Crippen molar-refractivity contribution < 1.29 is 20.1 Å². The quantitative estimate of drug-likeness (QED) is 0.466. The van der Waals surface area contributed by atoms with Gasteiger partial charge in [0.25, 0.3) is 0 Å². The van der Waals surface area contributed by atoms with Crippen molar-refractivity contribution in [1.82, 2.24) is 14.7 Å². The van der Waals surface area contributed by atoms with Crippen LogP contribution in [0.5, 0.6) is 0 Å². The minimum absolute atomic E-state index is 0.0156.